The maximum atomic E-state index is 14.3. The number of halogens is 1. The Morgan fingerprint density at radius 3 is 2.31 bits per heavy atom. The molecule has 3 aliphatic carbocycles. The van der Waals surface area contributed by atoms with E-state index in [1.165, 1.54) is 26.1 Å². The zero-order chi connectivity index (χ0) is 36.3. The number of rotatable bonds is 9. The Bertz CT molecular complexity index is 1700. The molecule has 1 saturated heterocycles. The lowest BCUT2D eigenvalue weighted by atomic mass is 9.57. The van der Waals surface area contributed by atoms with Gasteiger partial charge in [0.25, 0.3) is 5.91 Å². The van der Waals surface area contributed by atoms with Gasteiger partial charge in [0.1, 0.15) is 22.8 Å². The van der Waals surface area contributed by atoms with Crippen LogP contribution in [0.5, 0.6) is 5.75 Å². The van der Waals surface area contributed by atoms with Crippen molar-refractivity contribution in [2.75, 3.05) is 58.6 Å². The predicted octanol–water partition coefficient (Wildman–Crippen LogP) is 1.04. The number of nitrogens with two attached hydrogens (primary N) is 1. The molecule has 2 fully saturated rings. The van der Waals surface area contributed by atoms with E-state index in [1.54, 1.807) is 19.0 Å². The molecule has 49 heavy (non-hydrogen) atoms. The number of carbonyl (C=O) groups excluding carboxylic acids is 5. The average molecular weight is 704 g/mol. The van der Waals surface area contributed by atoms with Crippen molar-refractivity contribution in [3.05, 3.63) is 33.1 Å². The quantitative estimate of drug-likeness (QED) is 0.120. The molecule has 266 valence electrons. The molecule has 5 atom stereocenters. The van der Waals surface area contributed by atoms with Crippen LogP contribution in [0.25, 0.3) is 5.76 Å². The van der Waals surface area contributed by atoms with Gasteiger partial charge in [0.05, 0.1) is 35.5 Å². The number of aromatic hydroxyl groups is 1. The second-order valence-corrected chi connectivity index (χ2v) is 13.8. The number of benzene rings is 1. The Hall–Kier alpha value is -4.18. The van der Waals surface area contributed by atoms with Gasteiger partial charge in [-0.25, -0.2) is 0 Å². The largest absolute Gasteiger partial charge is 0.508 e. The fourth-order valence-corrected chi connectivity index (χ4v) is 8.42. The first-order chi connectivity index (χ1) is 23.0. The van der Waals surface area contributed by atoms with Gasteiger partial charge < -0.3 is 41.1 Å². The zero-order valence-electron chi connectivity index (χ0n) is 28.0. The number of amides is 2. The summed E-state index contributed by atoms with van der Waals surface area (Å²) in [6, 6.07) is -1.99. The van der Waals surface area contributed by atoms with Gasteiger partial charge in [-0.05, 0) is 70.8 Å². The van der Waals surface area contributed by atoms with E-state index in [2.05, 4.69) is 5.32 Å². The number of fused-ring (bicyclic) bond motifs is 3. The smallest absolute Gasteiger partial charge is 0.305 e. The Kier molecular flexibility index (Phi) is 9.78. The molecule has 0 radical (unpaired) electrons. The number of anilines is 2. The molecule has 0 bridgehead atoms. The van der Waals surface area contributed by atoms with E-state index in [1.807, 2.05) is 4.90 Å². The minimum absolute atomic E-state index is 0.0130. The van der Waals surface area contributed by atoms with E-state index in [0.29, 0.717) is 24.3 Å². The van der Waals surface area contributed by atoms with E-state index in [4.69, 9.17) is 22.1 Å². The molecule has 16 heteroatoms. The van der Waals surface area contributed by atoms with Gasteiger partial charge in [-0.15, -0.1) is 0 Å². The molecule has 1 heterocycles. The second-order valence-electron chi connectivity index (χ2n) is 13.5. The van der Waals surface area contributed by atoms with Crippen LogP contribution in [0.15, 0.2) is 16.9 Å². The van der Waals surface area contributed by atoms with Crippen LogP contribution in [0.2, 0.25) is 5.02 Å². The number of likely N-dealkylation sites (N-methyl/N-ethyl adjacent to an activating group) is 1. The number of ether oxygens (including phenoxy) is 1. The molecule has 4 aliphatic rings. The maximum Gasteiger partial charge on any atom is 0.305 e. The highest BCUT2D eigenvalue weighted by molar-refractivity contribution is 6.37. The van der Waals surface area contributed by atoms with Crippen LogP contribution in [0.3, 0.4) is 0 Å². The topological polar surface area (TPSA) is 223 Å². The van der Waals surface area contributed by atoms with Crippen LogP contribution in [0.4, 0.5) is 11.4 Å². The highest BCUT2D eigenvalue weighted by Crippen LogP contribution is 2.56. The molecule has 1 saturated carbocycles. The van der Waals surface area contributed by atoms with Crippen LogP contribution in [0.1, 0.15) is 43.2 Å². The summed E-state index contributed by atoms with van der Waals surface area (Å²) in [6.07, 6.45) is 1.74. The fraction of sp³-hybridized carbons (Fsp3) is 0.545. The molecule has 0 aromatic heterocycles. The van der Waals surface area contributed by atoms with E-state index < -0.39 is 81.7 Å². The number of carbonyl (C=O) groups is 5. The summed E-state index contributed by atoms with van der Waals surface area (Å²) < 4.78 is 4.76. The molecule has 1 aliphatic heterocycles. The number of nitrogens with zero attached hydrogens (tertiary/aromatic N) is 3. The number of likely N-dealkylation sites (tertiary alicyclic amines) is 1. The number of ketones is 2. The first-order valence-electron chi connectivity index (χ1n) is 16.0. The average Bonchev–Trinajstić information content (AvgIpc) is 3.55. The Balaban J connectivity index is 1.65. The van der Waals surface area contributed by atoms with Gasteiger partial charge in [0, 0.05) is 32.0 Å². The number of nitrogens with one attached hydrogen (secondary N) is 1. The number of hydrogen-bond donors (Lipinski definition) is 6. The third-order valence-electron chi connectivity index (χ3n) is 10.2. The lowest BCUT2D eigenvalue weighted by molar-refractivity contribution is -0.153. The third kappa shape index (κ3) is 5.71. The summed E-state index contributed by atoms with van der Waals surface area (Å²) in [5.41, 5.74) is 1.59. The van der Waals surface area contributed by atoms with Gasteiger partial charge in [-0.2, -0.15) is 0 Å². The Morgan fingerprint density at radius 2 is 1.76 bits per heavy atom. The van der Waals surface area contributed by atoms with Crippen molar-refractivity contribution in [3.63, 3.8) is 0 Å². The van der Waals surface area contributed by atoms with Crippen molar-refractivity contribution >= 4 is 58.1 Å². The SMILES string of the molecule is COC(=O)CCC(C(=O)Nc1c(O)c2c(c(N(C)C)c1Cl)CC1CC3[C@H](N(C)C)C(=O)C(C(N)=O)=C(O)[C@]3(O)C(=O)C1=C2O)N1CCCC1. The van der Waals surface area contributed by atoms with Crippen LogP contribution in [0, 0.1) is 11.8 Å². The van der Waals surface area contributed by atoms with Gasteiger partial charge >= 0.3 is 5.97 Å². The number of Topliss-reactive ketones (excluding diaryl/α,β-unsaturated/α-hetero) is 2. The summed E-state index contributed by atoms with van der Waals surface area (Å²) in [5.74, 6) is -8.97. The summed E-state index contributed by atoms with van der Waals surface area (Å²) in [7, 11) is 7.64. The monoisotopic (exact) mass is 703 g/mol. The van der Waals surface area contributed by atoms with E-state index in [0.717, 1.165) is 12.8 Å². The molecule has 7 N–H and O–H groups in total. The number of primary amides is 1. The van der Waals surface area contributed by atoms with Crippen molar-refractivity contribution in [1.82, 2.24) is 9.80 Å². The van der Waals surface area contributed by atoms with Crippen molar-refractivity contribution in [2.24, 2.45) is 17.6 Å². The van der Waals surface area contributed by atoms with Crippen molar-refractivity contribution < 1.29 is 49.1 Å². The molecule has 1 aromatic rings. The van der Waals surface area contributed by atoms with E-state index >= 15 is 0 Å². The van der Waals surface area contributed by atoms with E-state index in [9.17, 15) is 44.4 Å². The fourth-order valence-electron chi connectivity index (χ4n) is 8.00. The van der Waals surface area contributed by atoms with Crippen LogP contribution in [-0.4, -0.2) is 126 Å². The van der Waals surface area contributed by atoms with Gasteiger partial charge in [0.2, 0.25) is 11.7 Å². The standard InChI is InChI=1S/C33H42ClN5O10/c1-37(2)24-15-12-14-13-16-25(38(3)4)28(43)21(31(35)46)30(45)33(16,48)29(44)19(14)26(41)20(15)27(42)23(22(24)34)36-32(47)17(8-9-18(40)49-5)39-10-6-7-11-39/h14,16-17,25,41-42,45,48H,6-13H2,1-5H3,(H2,35,46)(H,36,47)/t14?,16?,17?,25-,33+/m0/s1. The number of methoxy groups -OCH3 is 1. The molecule has 2 amide bonds. The van der Waals surface area contributed by atoms with Crippen LogP contribution < -0.4 is 16.0 Å². The maximum absolute atomic E-state index is 14.3. The zero-order valence-corrected chi connectivity index (χ0v) is 28.8. The van der Waals surface area contributed by atoms with Crippen LogP contribution in [-0.2, 0) is 35.1 Å². The van der Waals surface area contributed by atoms with Crippen molar-refractivity contribution in [2.45, 2.75) is 56.2 Å². The lowest BCUT2D eigenvalue weighted by Crippen LogP contribution is -2.65. The number of phenols is 1. The van der Waals surface area contributed by atoms with Gasteiger partial charge in [-0.3, -0.25) is 33.8 Å². The summed E-state index contributed by atoms with van der Waals surface area (Å²) in [4.78, 5) is 70.6. The molecule has 1 aromatic carbocycles. The second kappa shape index (κ2) is 13.3. The summed E-state index contributed by atoms with van der Waals surface area (Å²) in [6.45, 7) is 1.23. The highest BCUT2D eigenvalue weighted by Gasteiger charge is 2.64. The lowest BCUT2D eigenvalue weighted by Gasteiger charge is -2.50. The molecular formula is C33H42ClN5O10. The first kappa shape index (κ1) is 36.1. The summed E-state index contributed by atoms with van der Waals surface area (Å²) in [5, 5.41) is 49.2. The molecule has 0 spiro atoms. The van der Waals surface area contributed by atoms with E-state index in [-0.39, 0.29) is 47.5 Å². The van der Waals surface area contributed by atoms with Gasteiger partial charge in [0.15, 0.2) is 17.1 Å². The predicted molar refractivity (Wildman–Crippen MR) is 178 cm³/mol. The number of aliphatic hydroxyl groups excluding tert-OH is 2. The minimum atomic E-state index is -2.80. The van der Waals surface area contributed by atoms with Crippen LogP contribution >= 0.6 is 11.6 Å². The normalized spacial score (nSPS) is 25.9. The summed E-state index contributed by atoms with van der Waals surface area (Å²) >= 11 is 6.89. The molecular weight excluding hydrogens is 662 g/mol. The number of esters is 1. The Morgan fingerprint density at radius 1 is 1.12 bits per heavy atom. The number of phenolic OH excluding ortho intramolecular Hbond substituents is 1. The van der Waals surface area contributed by atoms with Crippen molar-refractivity contribution in [3.8, 4) is 5.75 Å². The Labute approximate surface area is 287 Å². The number of aliphatic hydroxyl groups is 3. The molecule has 3 unspecified atom stereocenters. The molecule has 5 rings (SSSR count). The van der Waals surface area contributed by atoms with Gasteiger partial charge in [-0.1, -0.05) is 11.6 Å². The highest BCUT2D eigenvalue weighted by atomic mass is 35.5. The van der Waals surface area contributed by atoms with Crippen molar-refractivity contribution in [1.29, 1.82) is 0 Å². The minimum Gasteiger partial charge on any atom is -0.508 e. The molecule has 15 nitrogen and oxygen atoms in total. The number of hydrogen-bond acceptors (Lipinski definition) is 13. The first-order valence-corrected chi connectivity index (χ1v) is 16.4. The third-order valence-corrected chi connectivity index (χ3v) is 10.6.